The molecule has 1 N–H and O–H groups in total. The first-order chi connectivity index (χ1) is 10.2. The number of benzene rings is 1. The molecule has 110 valence electrons. The van der Waals surface area contributed by atoms with E-state index in [4.69, 9.17) is 4.74 Å². The van der Waals surface area contributed by atoms with Crippen molar-refractivity contribution < 1.29 is 9.53 Å². The normalized spacial score (nSPS) is 14.1. The predicted octanol–water partition coefficient (Wildman–Crippen LogP) is 3.48. The first-order valence-corrected chi connectivity index (χ1v) is 7.99. The fraction of sp³-hybridized carbons (Fsp3) is 0.375. The Bertz CT molecular complexity index is 635. The first-order valence-electron chi connectivity index (χ1n) is 7.11. The Morgan fingerprint density at radius 3 is 3.10 bits per heavy atom. The van der Waals surface area contributed by atoms with Crippen molar-refractivity contribution in [1.29, 1.82) is 0 Å². The van der Waals surface area contributed by atoms with Crippen LogP contribution in [0.15, 0.2) is 29.6 Å². The number of aryl methyl sites for hydroxylation is 1. The van der Waals surface area contributed by atoms with Gasteiger partial charge in [-0.15, -0.1) is 11.3 Å². The van der Waals surface area contributed by atoms with Gasteiger partial charge < -0.3 is 4.74 Å². The van der Waals surface area contributed by atoms with Gasteiger partial charge in [0.25, 0.3) is 5.91 Å². The van der Waals surface area contributed by atoms with Crippen molar-refractivity contribution >= 4 is 22.4 Å². The minimum Gasteiger partial charge on any atom is -0.371 e. The van der Waals surface area contributed by atoms with E-state index in [9.17, 15) is 4.79 Å². The van der Waals surface area contributed by atoms with E-state index in [0.29, 0.717) is 17.7 Å². The summed E-state index contributed by atoms with van der Waals surface area (Å²) in [6, 6.07) is 8.16. The summed E-state index contributed by atoms with van der Waals surface area (Å²) >= 11 is 1.43. The number of thiazole rings is 1. The molecule has 0 aliphatic heterocycles. The number of carbonyl (C=O) groups is 1. The van der Waals surface area contributed by atoms with Crippen molar-refractivity contribution in [2.24, 2.45) is 5.92 Å². The molecule has 5 heteroatoms. The van der Waals surface area contributed by atoms with E-state index >= 15 is 0 Å². The molecule has 1 fully saturated rings. The molecule has 21 heavy (non-hydrogen) atoms. The standard InChI is InChI=1S/C16H18N2O2S/c1-11-3-2-4-13(7-11)14-10-21-16(17-14)18-15(19)9-20-8-12-5-6-12/h2-4,7,10,12H,5-6,8-9H2,1H3,(H,17,18,19). The Balaban J connectivity index is 1.55. The number of hydrogen-bond acceptors (Lipinski definition) is 4. The Labute approximate surface area is 128 Å². The molecule has 0 bridgehead atoms. The lowest BCUT2D eigenvalue weighted by molar-refractivity contribution is -0.120. The average Bonchev–Trinajstić information content (AvgIpc) is 3.16. The SMILES string of the molecule is Cc1cccc(-c2csc(NC(=O)COCC3CC3)n2)c1. The maximum absolute atomic E-state index is 11.7. The summed E-state index contributed by atoms with van der Waals surface area (Å²) < 4.78 is 5.36. The van der Waals surface area contributed by atoms with Crippen molar-refractivity contribution in [1.82, 2.24) is 4.98 Å². The van der Waals surface area contributed by atoms with Crippen LogP contribution in [0.2, 0.25) is 0 Å². The van der Waals surface area contributed by atoms with Gasteiger partial charge in [-0.05, 0) is 31.7 Å². The minimum absolute atomic E-state index is 0.107. The topological polar surface area (TPSA) is 51.2 Å². The van der Waals surface area contributed by atoms with Crippen LogP contribution in [-0.4, -0.2) is 24.1 Å². The van der Waals surface area contributed by atoms with Gasteiger partial charge in [0.05, 0.1) is 12.3 Å². The summed E-state index contributed by atoms with van der Waals surface area (Å²) in [6.45, 7) is 2.85. The molecule has 1 amide bonds. The summed E-state index contributed by atoms with van der Waals surface area (Å²) in [5, 5.41) is 5.36. The summed E-state index contributed by atoms with van der Waals surface area (Å²) in [4.78, 5) is 16.2. The van der Waals surface area contributed by atoms with Gasteiger partial charge in [-0.2, -0.15) is 0 Å². The molecular weight excluding hydrogens is 284 g/mol. The van der Waals surface area contributed by atoms with Gasteiger partial charge in [0.15, 0.2) is 5.13 Å². The zero-order valence-electron chi connectivity index (χ0n) is 12.0. The summed E-state index contributed by atoms with van der Waals surface area (Å²) in [6.07, 6.45) is 2.46. The van der Waals surface area contributed by atoms with E-state index in [-0.39, 0.29) is 12.5 Å². The van der Waals surface area contributed by atoms with Crippen LogP contribution in [0, 0.1) is 12.8 Å². The molecule has 0 radical (unpaired) electrons. The molecule has 0 unspecified atom stereocenters. The van der Waals surface area contributed by atoms with Crippen LogP contribution < -0.4 is 5.32 Å². The number of hydrogen-bond donors (Lipinski definition) is 1. The third kappa shape index (κ3) is 4.12. The molecule has 1 aliphatic rings. The number of amides is 1. The third-order valence-electron chi connectivity index (χ3n) is 3.35. The maximum atomic E-state index is 11.7. The van der Waals surface area contributed by atoms with Crippen LogP contribution in [0.3, 0.4) is 0 Å². The van der Waals surface area contributed by atoms with E-state index in [2.05, 4.69) is 29.4 Å². The number of anilines is 1. The quantitative estimate of drug-likeness (QED) is 0.888. The number of nitrogens with zero attached hydrogens (tertiary/aromatic N) is 1. The monoisotopic (exact) mass is 302 g/mol. The largest absolute Gasteiger partial charge is 0.371 e. The van der Waals surface area contributed by atoms with Crippen molar-refractivity contribution in [2.75, 3.05) is 18.5 Å². The first kappa shape index (κ1) is 14.2. The lowest BCUT2D eigenvalue weighted by Gasteiger charge is -2.03. The fourth-order valence-electron chi connectivity index (χ4n) is 2.03. The van der Waals surface area contributed by atoms with Crippen molar-refractivity contribution in [2.45, 2.75) is 19.8 Å². The number of aromatic nitrogens is 1. The van der Waals surface area contributed by atoms with Gasteiger partial charge in [-0.25, -0.2) is 4.98 Å². The van der Waals surface area contributed by atoms with Crippen LogP contribution in [-0.2, 0) is 9.53 Å². The molecule has 1 aliphatic carbocycles. The van der Waals surface area contributed by atoms with Crippen molar-refractivity contribution in [3.63, 3.8) is 0 Å². The van der Waals surface area contributed by atoms with Crippen molar-refractivity contribution in [3.8, 4) is 11.3 Å². The van der Waals surface area contributed by atoms with Crippen LogP contribution in [0.1, 0.15) is 18.4 Å². The van der Waals surface area contributed by atoms with E-state index in [1.165, 1.54) is 29.7 Å². The Morgan fingerprint density at radius 2 is 2.33 bits per heavy atom. The Kier molecular flexibility index (Phi) is 4.31. The lowest BCUT2D eigenvalue weighted by Crippen LogP contribution is -2.18. The van der Waals surface area contributed by atoms with Gasteiger partial charge in [0.1, 0.15) is 6.61 Å². The lowest BCUT2D eigenvalue weighted by atomic mass is 10.1. The van der Waals surface area contributed by atoms with Crippen LogP contribution in [0.5, 0.6) is 0 Å². The molecule has 0 atom stereocenters. The third-order valence-corrected chi connectivity index (χ3v) is 4.11. The molecule has 3 rings (SSSR count). The highest BCUT2D eigenvalue weighted by molar-refractivity contribution is 7.14. The highest BCUT2D eigenvalue weighted by Gasteiger charge is 2.21. The van der Waals surface area contributed by atoms with Gasteiger partial charge in [0, 0.05) is 10.9 Å². The fourth-order valence-corrected chi connectivity index (χ4v) is 2.76. The average molecular weight is 302 g/mol. The van der Waals surface area contributed by atoms with Gasteiger partial charge in [-0.1, -0.05) is 23.8 Å². The number of ether oxygens (including phenoxy) is 1. The predicted molar refractivity (Wildman–Crippen MR) is 84.5 cm³/mol. The van der Waals surface area contributed by atoms with Gasteiger partial charge in [-0.3, -0.25) is 10.1 Å². The molecule has 2 aromatic rings. The van der Waals surface area contributed by atoms with E-state index in [0.717, 1.165) is 11.3 Å². The smallest absolute Gasteiger partial charge is 0.252 e. The molecule has 4 nitrogen and oxygen atoms in total. The van der Waals surface area contributed by atoms with E-state index in [1.807, 2.05) is 17.5 Å². The number of rotatable bonds is 6. The second-order valence-corrected chi connectivity index (χ2v) is 6.27. The van der Waals surface area contributed by atoms with Gasteiger partial charge in [0.2, 0.25) is 0 Å². The molecule has 1 aromatic carbocycles. The molecule has 1 heterocycles. The molecule has 0 spiro atoms. The molecule has 1 aromatic heterocycles. The van der Waals surface area contributed by atoms with E-state index < -0.39 is 0 Å². The summed E-state index contributed by atoms with van der Waals surface area (Å²) in [7, 11) is 0. The molecular formula is C16H18N2O2S. The summed E-state index contributed by atoms with van der Waals surface area (Å²) in [5.41, 5.74) is 3.15. The number of carbonyl (C=O) groups excluding carboxylic acids is 1. The minimum atomic E-state index is -0.138. The molecule has 0 saturated heterocycles. The zero-order chi connectivity index (χ0) is 14.7. The second-order valence-electron chi connectivity index (χ2n) is 5.41. The van der Waals surface area contributed by atoms with Crippen LogP contribution >= 0.6 is 11.3 Å². The maximum Gasteiger partial charge on any atom is 0.252 e. The van der Waals surface area contributed by atoms with Crippen molar-refractivity contribution in [3.05, 3.63) is 35.2 Å². The Morgan fingerprint density at radius 1 is 1.48 bits per heavy atom. The zero-order valence-corrected chi connectivity index (χ0v) is 12.8. The highest BCUT2D eigenvalue weighted by atomic mass is 32.1. The van der Waals surface area contributed by atoms with Crippen LogP contribution in [0.4, 0.5) is 5.13 Å². The van der Waals surface area contributed by atoms with Gasteiger partial charge >= 0.3 is 0 Å². The summed E-state index contributed by atoms with van der Waals surface area (Å²) in [5.74, 6) is 0.534. The Hall–Kier alpha value is -1.72. The second kappa shape index (κ2) is 6.37. The number of nitrogens with one attached hydrogen (secondary N) is 1. The molecule has 1 saturated carbocycles. The highest BCUT2D eigenvalue weighted by Crippen LogP contribution is 2.29. The van der Waals surface area contributed by atoms with Crippen LogP contribution in [0.25, 0.3) is 11.3 Å². The van der Waals surface area contributed by atoms with E-state index in [1.54, 1.807) is 0 Å².